The van der Waals surface area contributed by atoms with E-state index in [-0.39, 0.29) is 11.9 Å². The van der Waals surface area contributed by atoms with Crippen LogP contribution in [-0.2, 0) is 0 Å². The Bertz CT molecular complexity index is 622. The van der Waals surface area contributed by atoms with Gasteiger partial charge in [-0.2, -0.15) is 0 Å². The van der Waals surface area contributed by atoms with Crippen molar-refractivity contribution in [2.75, 3.05) is 5.73 Å². The van der Waals surface area contributed by atoms with Crippen LogP contribution in [0.25, 0.3) is 11.1 Å². The molecule has 0 radical (unpaired) electrons. The number of nitrogens with two attached hydrogens (primary N) is 1. The van der Waals surface area contributed by atoms with Gasteiger partial charge >= 0.3 is 0 Å². The van der Waals surface area contributed by atoms with Crippen LogP contribution in [0.2, 0.25) is 0 Å². The molecule has 3 rings (SSSR count). The average molecular weight is 269 g/mol. The van der Waals surface area contributed by atoms with Crippen molar-refractivity contribution in [3.05, 3.63) is 36.4 Å². The minimum atomic E-state index is -0.0830. The first-order valence-electron chi connectivity index (χ1n) is 6.56. The molecule has 0 bridgehead atoms. The lowest BCUT2D eigenvalue weighted by molar-refractivity contribution is 0.0916. The molecule has 6 nitrogen and oxygen atoms in total. The van der Waals surface area contributed by atoms with Crippen molar-refractivity contribution in [1.82, 2.24) is 20.3 Å². The second-order valence-corrected chi connectivity index (χ2v) is 4.89. The minimum Gasteiger partial charge on any atom is -0.368 e. The van der Waals surface area contributed by atoms with Gasteiger partial charge in [-0.05, 0) is 25.3 Å². The summed E-state index contributed by atoms with van der Waals surface area (Å²) in [5, 5.41) is 2.99. The van der Waals surface area contributed by atoms with Crippen LogP contribution in [0.5, 0.6) is 0 Å². The van der Waals surface area contributed by atoms with Gasteiger partial charge in [0.15, 0.2) is 0 Å². The first kappa shape index (κ1) is 12.5. The van der Waals surface area contributed by atoms with Crippen LogP contribution in [0.1, 0.15) is 29.6 Å². The molecule has 2 aromatic heterocycles. The fourth-order valence-corrected chi connectivity index (χ4v) is 2.03. The Kier molecular flexibility index (Phi) is 3.28. The number of amides is 1. The number of anilines is 1. The molecule has 1 aliphatic rings. The quantitative estimate of drug-likeness (QED) is 0.878. The third kappa shape index (κ3) is 2.59. The third-order valence-corrected chi connectivity index (χ3v) is 3.45. The fourth-order valence-electron chi connectivity index (χ4n) is 2.03. The number of carbonyl (C=O) groups is 1. The molecule has 2 heterocycles. The van der Waals surface area contributed by atoms with Gasteiger partial charge in [-0.25, -0.2) is 9.97 Å². The van der Waals surface area contributed by atoms with E-state index in [4.69, 9.17) is 5.73 Å². The Morgan fingerprint density at radius 1 is 1.15 bits per heavy atom. The number of pyridine rings is 1. The van der Waals surface area contributed by atoms with E-state index in [0.717, 1.165) is 24.0 Å². The molecule has 0 aromatic carbocycles. The van der Waals surface area contributed by atoms with Crippen LogP contribution in [0.4, 0.5) is 5.95 Å². The second kappa shape index (κ2) is 5.24. The Morgan fingerprint density at radius 2 is 1.90 bits per heavy atom. The highest BCUT2D eigenvalue weighted by Crippen LogP contribution is 2.20. The Balaban J connectivity index is 1.81. The molecule has 20 heavy (non-hydrogen) atoms. The second-order valence-electron chi connectivity index (χ2n) is 4.89. The number of aromatic nitrogens is 3. The number of nitrogens with zero attached hydrogens (tertiary/aromatic N) is 3. The van der Waals surface area contributed by atoms with Gasteiger partial charge in [0, 0.05) is 42.0 Å². The molecular formula is C14H15N5O. The summed E-state index contributed by atoms with van der Waals surface area (Å²) >= 11 is 0. The highest BCUT2D eigenvalue weighted by Gasteiger charge is 2.20. The molecule has 1 saturated carbocycles. The van der Waals surface area contributed by atoms with Crippen molar-refractivity contribution in [3.8, 4) is 11.1 Å². The molecule has 102 valence electrons. The van der Waals surface area contributed by atoms with Crippen LogP contribution < -0.4 is 11.1 Å². The molecule has 1 aliphatic carbocycles. The van der Waals surface area contributed by atoms with Crippen LogP contribution >= 0.6 is 0 Å². The van der Waals surface area contributed by atoms with Gasteiger partial charge in [-0.1, -0.05) is 0 Å². The third-order valence-electron chi connectivity index (χ3n) is 3.45. The highest BCUT2D eigenvalue weighted by atomic mass is 16.1. The van der Waals surface area contributed by atoms with Crippen LogP contribution in [0.3, 0.4) is 0 Å². The number of carbonyl (C=O) groups excluding carboxylic acids is 1. The standard InChI is InChI=1S/C14H15N5O/c15-14-17-7-11(8-18-14)9-4-10(6-16-5-9)13(20)19-12-2-1-3-12/h4-8,12H,1-3H2,(H,19,20)(H2,15,17,18). The van der Waals surface area contributed by atoms with Crippen molar-refractivity contribution >= 4 is 11.9 Å². The maximum Gasteiger partial charge on any atom is 0.253 e. The van der Waals surface area contributed by atoms with Crippen molar-refractivity contribution in [3.63, 3.8) is 0 Å². The SMILES string of the molecule is Nc1ncc(-c2cncc(C(=O)NC3CCC3)c2)cn1. The summed E-state index contributed by atoms with van der Waals surface area (Å²) in [5.41, 5.74) is 7.58. The zero-order valence-electron chi connectivity index (χ0n) is 10.9. The predicted molar refractivity (Wildman–Crippen MR) is 74.8 cm³/mol. The minimum absolute atomic E-state index is 0.0830. The number of hydrogen-bond acceptors (Lipinski definition) is 5. The van der Waals surface area contributed by atoms with Gasteiger partial charge < -0.3 is 11.1 Å². The number of hydrogen-bond donors (Lipinski definition) is 2. The maximum atomic E-state index is 12.1. The number of nitrogens with one attached hydrogen (secondary N) is 1. The summed E-state index contributed by atoms with van der Waals surface area (Å²) in [6.45, 7) is 0. The lowest BCUT2D eigenvalue weighted by Gasteiger charge is -2.26. The monoisotopic (exact) mass is 269 g/mol. The summed E-state index contributed by atoms with van der Waals surface area (Å²) in [6, 6.07) is 2.10. The molecule has 2 aromatic rings. The number of nitrogen functional groups attached to an aromatic ring is 1. The molecule has 1 fully saturated rings. The Labute approximate surface area is 116 Å². The summed E-state index contributed by atoms with van der Waals surface area (Å²) < 4.78 is 0. The largest absolute Gasteiger partial charge is 0.368 e. The van der Waals surface area contributed by atoms with Crippen LogP contribution in [0, 0.1) is 0 Å². The van der Waals surface area contributed by atoms with E-state index in [1.165, 1.54) is 6.42 Å². The van der Waals surface area contributed by atoms with Crippen molar-refractivity contribution < 1.29 is 4.79 Å². The Hall–Kier alpha value is -2.50. The summed E-state index contributed by atoms with van der Waals surface area (Å²) in [7, 11) is 0. The molecule has 1 amide bonds. The lowest BCUT2D eigenvalue weighted by atomic mass is 9.93. The van der Waals surface area contributed by atoms with Gasteiger partial charge in [0.1, 0.15) is 0 Å². The maximum absolute atomic E-state index is 12.1. The lowest BCUT2D eigenvalue weighted by Crippen LogP contribution is -2.39. The molecule has 0 spiro atoms. The van der Waals surface area contributed by atoms with E-state index in [2.05, 4.69) is 20.3 Å². The smallest absolute Gasteiger partial charge is 0.253 e. The van der Waals surface area contributed by atoms with Gasteiger partial charge in [0.2, 0.25) is 5.95 Å². The molecule has 0 atom stereocenters. The predicted octanol–water partition coefficient (Wildman–Crippen LogP) is 1.40. The normalized spacial score (nSPS) is 14.6. The van der Waals surface area contributed by atoms with Crippen LogP contribution in [0.15, 0.2) is 30.9 Å². The summed E-state index contributed by atoms with van der Waals surface area (Å²) in [6.07, 6.45) is 9.78. The van der Waals surface area contributed by atoms with Crippen molar-refractivity contribution in [2.45, 2.75) is 25.3 Å². The van der Waals surface area contributed by atoms with Crippen LogP contribution in [-0.4, -0.2) is 26.9 Å². The highest BCUT2D eigenvalue weighted by molar-refractivity contribution is 5.95. The molecule has 0 unspecified atom stereocenters. The summed E-state index contributed by atoms with van der Waals surface area (Å²) in [5.74, 6) is 0.140. The first-order valence-corrected chi connectivity index (χ1v) is 6.56. The van der Waals surface area contributed by atoms with Gasteiger partial charge in [-0.3, -0.25) is 9.78 Å². The fraction of sp³-hybridized carbons (Fsp3) is 0.286. The number of rotatable bonds is 3. The molecule has 3 N–H and O–H groups in total. The van der Waals surface area contributed by atoms with Gasteiger partial charge in [0.05, 0.1) is 5.56 Å². The van der Waals surface area contributed by atoms with E-state index in [0.29, 0.717) is 11.6 Å². The van der Waals surface area contributed by atoms with E-state index < -0.39 is 0 Å². The topological polar surface area (TPSA) is 93.8 Å². The van der Waals surface area contributed by atoms with E-state index in [1.54, 1.807) is 30.9 Å². The van der Waals surface area contributed by atoms with Gasteiger partial charge in [0.25, 0.3) is 5.91 Å². The Morgan fingerprint density at radius 3 is 2.55 bits per heavy atom. The summed E-state index contributed by atoms with van der Waals surface area (Å²) in [4.78, 5) is 24.1. The van der Waals surface area contributed by atoms with Crippen molar-refractivity contribution in [1.29, 1.82) is 0 Å². The molecule has 0 aliphatic heterocycles. The average Bonchev–Trinajstić information content (AvgIpc) is 2.43. The molecule has 6 heteroatoms. The van der Waals surface area contributed by atoms with E-state index in [1.807, 2.05) is 0 Å². The van der Waals surface area contributed by atoms with Crippen molar-refractivity contribution in [2.24, 2.45) is 0 Å². The molecule has 0 saturated heterocycles. The van der Waals surface area contributed by atoms with Gasteiger partial charge in [-0.15, -0.1) is 0 Å². The first-order chi connectivity index (χ1) is 9.72. The molecular weight excluding hydrogens is 254 g/mol. The van der Waals surface area contributed by atoms with E-state index >= 15 is 0 Å². The van der Waals surface area contributed by atoms with E-state index in [9.17, 15) is 4.79 Å². The zero-order valence-corrected chi connectivity index (χ0v) is 10.9. The zero-order chi connectivity index (χ0) is 13.9.